The second kappa shape index (κ2) is 9.35. The van der Waals surface area contributed by atoms with E-state index in [1.165, 1.54) is 0 Å². The molecule has 0 unspecified atom stereocenters. The van der Waals surface area contributed by atoms with Crippen molar-refractivity contribution in [3.05, 3.63) is 95.1 Å². The summed E-state index contributed by atoms with van der Waals surface area (Å²) in [6.07, 6.45) is 0. The lowest BCUT2D eigenvalue weighted by molar-refractivity contribution is 0.478. The molecule has 0 amide bonds. The molecular formula is C28H28N2O4S. The van der Waals surface area contributed by atoms with Crippen molar-refractivity contribution in [2.45, 2.75) is 37.5 Å². The molecule has 7 heteroatoms. The van der Waals surface area contributed by atoms with Crippen molar-refractivity contribution in [1.29, 1.82) is 0 Å². The molecule has 0 radical (unpaired) electrons. The van der Waals surface area contributed by atoms with Gasteiger partial charge in [-0.1, -0.05) is 0 Å². The van der Waals surface area contributed by atoms with Crippen LogP contribution in [0.1, 0.15) is 22.3 Å². The number of nitrogen functional groups attached to an aromatic ring is 2. The predicted molar refractivity (Wildman–Crippen MR) is 139 cm³/mol. The molecule has 0 saturated heterocycles. The summed E-state index contributed by atoms with van der Waals surface area (Å²) >= 11 is 0. The minimum atomic E-state index is -3.73. The van der Waals surface area contributed by atoms with E-state index >= 15 is 0 Å². The molecule has 4 aromatic rings. The highest BCUT2D eigenvalue weighted by Gasteiger charge is 2.20. The first kappa shape index (κ1) is 24.2. The van der Waals surface area contributed by atoms with Crippen LogP contribution in [-0.2, 0) is 9.84 Å². The third-order valence-electron chi connectivity index (χ3n) is 5.85. The van der Waals surface area contributed by atoms with Gasteiger partial charge in [0.1, 0.15) is 23.0 Å². The maximum absolute atomic E-state index is 13.3. The number of hydrogen-bond donors (Lipinski definition) is 2. The highest BCUT2D eigenvalue weighted by Crippen LogP contribution is 2.33. The molecule has 0 bridgehead atoms. The monoisotopic (exact) mass is 488 g/mol. The van der Waals surface area contributed by atoms with Gasteiger partial charge in [-0.05, 0) is 123 Å². The topological polar surface area (TPSA) is 105 Å². The van der Waals surface area contributed by atoms with Crippen molar-refractivity contribution in [2.75, 3.05) is 11.5 Å². The Labute approximate surface area is 206 Å². The molecule has 0 atom stereocenters. The first-order valence-corrected chi connectivity index (χ1v) is 12.6. The van der Waals surface area contributed by atoms with Gasteiger partial charge in [0.25, 0.3) is 0 Å². The van der Waals surface area contributed by atoms with Crippen LogP contribution in [0, 0.1) is 27.7 Å². The molecule has 4 N–H and O–H groups in total. The summed E-state index contributed by atoms with van der Waals surface area (Å²) < 4.78 is 38.6. The van der Waals surface area contributed by atoms with Crippen LogP contribution in [0.2, 0.25) is 0 Å². The molecule has 4 aromatic carbocycles. The maximum atomic E-state index is 13.3. The maximum Gasteiger partial charge on any atom is 0.206 e. The summed E-state index contributed by atoms with van der Waals surface area (Å²) in [6.45, 7) is 7.43. The molecule has 180 valence electrons. The molecule has 0 aliphatic heterocycles. The Bertz CT molecular complexity index is 1420. The highest BCUT2D eigenvalue weighted by molar-refractivity contribution is 7.91. The minimum Gasteiger partial charge on any atom is -0.457 e. The Morgan fingerprint density at radius 1 is 0.543 bits per heavy atom. The molecule has 0 aliphatic carbocycles. The molecule has 6 nitrogen and oxygen atoms in total. The van der Waals surface area contributed by atoms with Gasteiger partial charge < -0.3 is 20.9 Å². The molecule has 0 fully saturated rings. The smallest absolute Gasteiger partial charge is 0.206 e. The van der Waals surface area contributed by atoms with Crippen molar-refractivity contribution in [3.8, 4) is 23.0 Å². The van der Waals surface area contributed by atoms with Gasteiger partial charge in [-0.3, -0.25) is 0 Å². The third kappa shape index (κ3) is 5.10. The van der Waals surface area contributed by atoms with Gasteiger partial charge in [0, 0.05) is 11.4 Å². The lowest BCUT2D eigenvalue weighted by Crippen LogP contribution is -2.04. The molecule has 0 aliphatic rings. The molecule has 0 heterocycles. The average molecular weight is 489 g/mol. The van der Waals surface area contributed by atoms with E-state index in [-0.39, 0.29) is 9.79 Å². The van der Waals surface area contributed by atoms with E-state index in [1.54, 1.807) is 60.7 Å². The van der Waals surface area contributed by atoms with Crippen LogP contribution in [-0.4, -0.2) is 8.42 Å². The standard InChI is InChI=1S/C28H28N2O4S/c1-17-13-21(5-9-25(17)29)33-27-11-7-23(15-19(27)3)35(31,32)24-8-12-28(20(4)16-24)34-22-6-10-26(30)18(2)14-22/h5-16H,29-30H2,1-4H3. The quantitative estimate of drug-likeness (QED) is 0.300. The van der Waals surface area contributed by atoms with Crippen LogP contribution in [0.5, 0.6) is 23.0 Å². The van der Waals surface area contributed by atoms with Crippen LogP contribution >= 0.6 is 0 Å². The fraction of sp³-hybridized carbons (Fsp3) is 0.143. The second-order valence-electron chi connectivity index (χ2n) is 8.60. The molecule has 0 aromatic heterocycles. The SMILES string of the molecule is Cc1cc(Oc2ccc(S(=O)(=O)c3ccc(Oc4ccc(N)c(C)c4)c(C)c3)cc2C)ccc1N. The number of ether oxygens (including phenoxy) is 2. The van der Waals surface area contributed by atoms with E-state index in [1.807, 2.05) is 39.8 Å². The first-order chi connectivity index (χ1) is 16.5. The number of nitrogens with two attached hydrogens (primary N) is 2. The summed E-state index contributed by atoms with van der Waals surface area (Å²) in [5.41, 5.74) is 16.3. The highest BCUT2D eigenvalue weighted by atomic mass is 32.2. The van der Waals surface area contributed by atoms with E-state index < -0.39 is 9.84 Å². The van der Waals surface area contributed by atoms with Gasteiger partial charge in [-0.2, -0.15) is 0 Å². The Morgan fingerprint density at radius 3 is 1.29 bits per heavy atom. The van der Waals surface area contributed by atoms with Crippen molar-refractivity contribution in [1.82, 2.24) is 0 Å². The molecule has 4 rings (SSSR count). The van der Waals surface area contributed by atoms with Gasteiger partial charge in [-0.25, -0.2) is 8.42 Å². The van der Waals surface area contributed by atoms with Crippen LogP contribution in [0.4, 0.5) is 11.4 Å². The molecule has 0 spiro atoms. The predicted octanol–water partition coefficient (Wildman–Crippen LogP) is 6.50. The van der Waals surface area contributed by atoms with Gasteiger partial charge in [0.15, 0.2) is 0 Å². The summed E-state index contributed by atoms with van der Waals surface area (Å²) in [6, 6.07) is 20.5. The van der Waals surface area contributed by atoms with Crippen molar-refractivity contribution in [2.24, 2.45) is 0 Å². The van der Waals surface area contributed by atoms with Gasteiger partial charge >= 0.3 is 0 Å². The van der Waals surface area contributed by atoms with Crippen LogP contribution in [0.3, 0.4) is 0 Å². The second-order valence-corrected chi connectivity index (χ2v) is 10.5. The number of hydrogen-bond acceptors (Lipinski definition) is 6. The van der Waals surface area contributed by atoms with E-state index in [0.29, 0.717) is 45.5 Å². The normalized spacial score (nSPS) is 11.3. The number of aryl methyl sites for hydroxylation is 4. The van der Waals surface area contributed by atoms with Crippen molar-refractivity contribution >= 4 is 21.2 Å². The van der Waals surface area contributed by atoms with Crippen molar-refractivity contribution in [3.63, 3.8) is 0 Å². The van der Waals surface area contributed by atoms with Crippen LogP contribution < -0.4 is 20.9 Å². The Hall–Kier alpha value is -3.97. The largest absolute Gasteiger partial charge is 0.457 e. The Kier molecular flexibility index (Phi) is 6.45. The summed E-state index contributed by atoms with van der Waals surface area (Å²) in [4.78, 5) is 0.385. The number of sulfone groups is 1. The van der Waals surface area contributed by atoms with Crippen LogP contribution in [0.15, 0.2) is 82.6 Å². The lowest BCUT2D eigenvalue weighted by Gasteiger charge is -2.14. The number of benzene rings is 4. The summed E-state index contributed by atoms with van der Waals surface area (Å²) in [5.74, 6) is 2.43. The summed E-state index contributed by atoms with van der Waals surface area (Å²) in [7, 11) is -3.73. The fourth-order valence-electron chi connectivity index (χ4n) is 3.62. The zero-order valence-electron chi connectivity index (χ0n) is 20.1. The number of rotatable bonds is 6. The number of anilines is 2. The van der Waals surface area contributed by atoms with Crippen molar-refractivity contribution < 1.29 is 17.9 Å². The van der Waals surface area contributed by atoms with Gasteiger partial charge in [-0.15, -0.1) is 0 Å². The fourth-order valence-corrected chi connectivity index (χ4v) is 5.05. The average Bonchev–Trinajstić information content (AvgIpc) is 2.81. The zero-order chi connectivity index (χ0) is 25.3. The third-order valence-corrected chi connectivity index (χ3v) is 7.60. The van der Waals surface area contributed by atoms with E-state index in [9.17, 15) is 8.42 Å². The molecular weight excluding hydrogens is 460 g/mol. The van der Waals surface area contributed by atoms with E-state index in [4.69, 9.17) is 20.9 Å². The first-order valence-electron chi connectivity index (χ1n) is 11.1. The van der Waals surface area contributed by atoms with Gasteiger partial charge in [0.05, 0.1) is 9.79 Å². The summed E-state index contributed by atoms with van der Waals surface area (Å²) in [5, 5.41) is 0. The molecule has 0 saturated carbocycles. The van der Waals surface area contributed by atoms with E-state index in [2.05, 4.69) is 0 Å². The Balaban J connectivity index is 1.57. The molecule has 35 heavy (non-hydrogen) atoms. The minimum absolute atomic E-state index is 0.193. The van der Waals surface area contributed by atoms with Gasteiger partial charge in [0.2, 0.25) is 9.84 Å². The zero-order valence-corrected chi connectivity index (χ0v) is 20.9. The lowest BCUT2D eigenvalue weighted by atomic mass is 10.2. The van der Waals surface area contributed by atoms with E-state index in [0.717, 1.165) is 11.1 Å². The van der Waals surface area contributed by atoms with Crippen LogP contribution in [0.25, 0.3) is 0 Å². The Morgan fingerprint density at radius 2 is 0.943 bits per heavy atom.